The van der Waals surface area contributed by atoms with Crippen molar-refractivity contribution in [3.8, 4) is 94.8 Å². The summed E-state index contributed by atoms with van der Waals surface area (Å²) >= 11 is 0. The number of nitrogens with zero attached hydrogens (tertiary/aromatic N) is 3. The molecule has 0 N–H and O–H groups in total. The number of aromatic nitrogens is 1. The van der Waals surface area contributed by atoms with E-state index >= 15 is 0 Å². The van der Waals surface area contributed by atoms with Gasteiger partial charge in [-0.05, 0) is 149 Å². The van der Waals surface area contributed by atoms with Gasteiger partial charge in [0.05, 0.1) is 28.3 Å². The second-order valence-electron chi connectivity index (χ2n) is 28.4. The van der Waals surface area contributed by atoms with Crippen molar-refractivity contribution in [1.29, 1.82) is 0 Å². The maximum atomic E-state index is 2.70. The summed E-state index contributed by atoms with van der Waals surface area (Å²) in [4.78, 5) is 5.41. The third-order valence-corrected chi connectivity index (χ3v) is 20.2. The van der Waals surface area contributed by atoms with Gasteiger partial charge < -0.3 is 14.4 Å². The van der Waals surface area contributed by atoms with Crippen molar-refractivity contribution in [2.45, 2.75) is 52.4 Å². The van der Waals surface area contributed by atoms with E-state index in [-0.39, 0.29) is 17.5 Å². The first-order valence-corrected chi connectivity index (χ1v) is 34.4. The molecule has 0 amide bonds. The Labute approximate surface area is 577 Å². The van der Waals surface area contributed by atoms with Crippen LogP contribution in [0.3, 0.4) is 0 Å². The summed E-state index contributed by atoms with van der Waals surface area (Å²) in [6.45, 7) is 13.8. The van der Waals surface area contributed by atoms with Crippen LogP contribution in [0.5, 0.6) is 0 Å². The Balaban J connectivity index is 1.11. The van der Waals surface area contributed by atoms with Gasteiger partial charge in [-0.1, -0.05) is 327 Å². The van der Waals surface area contributed by atoms with Crippen molar-refractivity contribution in [1.82, 2.24) is 4.57 Å². The fourth-order valence-electron chi connectivity index (χ4n) is 15.5. The highest BCUT2D eigenvalue weighted by Gasteiger charge is 2.46. The molecule has 14 aromatic carbocycles. The lowest BCUT2D eigenvalue weighted by Crippen LogP contribution is -2.61. The molecule has 0 fully saturated rings. The highest BCUT2D eigenvalue weighted by Crippen LogP contribution is 2.56. The van der Waals surface area contributed by atoms with E-state index in [0.717, 1.165) is 107 Å². The minimum absolute atomic E-state index is 0.198. The van der Waals surface area contributed by atoms with E-state index in [1.54, 1.807) is 0 Å². The molecule has 3 heterocycles. The number of anilines is 6. The van der Waals surface area contributed by atoms with Gasteiger partial charge in [-0.3, -0.25) is 0 Å². The van der Waals surface area contributed by atoms with Crippen LogP contribution in [0.15, 0.2) is 340 Å². The fourth-order valence-corrected chi connectivity index (χ4v) is 15.5. The number of benzene rings is 14. The first kappa shape index (κ1) is 60.0. The average molecular weight is 1260 g/mol. The van der Waals surface area contributed by atoms with E-state index in [9.17, 15) is 0 Å². The Bertz CT molecular complexity index is 5100. The normalized spacial score (nSPS) is 12.5. The van der Waals surface area contributed by atoms with Gasteiger partial charge in [0.2, 0.25) is 0 Å². The molecule has 0 radical (unpaired) electrons. The maximum Gasteiger partial charge on any atom is 0.252 e. The minimum Gasteiger partial charge on any atom is -0.310 e. The molecule has 0 saturated carbocycles. The Morgan fingerprint density at radius 3 is 0.939 bits per heavy atom. The first-order valence-electron chi connectivity index (χ1n) is 34.4. The number of fused-ring (bicyclic) bond motifs is 5. The molecule has 1 aromatic heterocycles. The van der Waals surface area contributed by atoms with Crippen molar-refractivity contribution in [2.24, 2.45) is 0 Å². The van der Waals surface area contributed by atoms with E-state index in [4.69, 9.17) is 0 Å². The predicted molar refractivity (Wildman–Crippen MR) is 418 cm³/mol. The summed E-state index contributed by atoms with van der Waals surface area (Å²) in [6, 6.07) is 128. The number of rotatable bonds is 11. The summed E-state index contributed by atoms with van der Waals surface area (Å²) in [7, 11) is 0. The molecule has 0 bridgehead atoms. The third kappa shape index (κ3) is 10.4. The van der Waals surface area contributed by atoms with Crippen molar-refractivity contribution in [3.63, 3.8) is 0 Å². The van der Waals surface area contributed by atoms with Crippen molar-refractivity contribution < 1.29 is 0 Å². The lowest BCUT2D eigenvalue weighted by Gasteiger charge is -2.46. The smallest absolute Gasteiger partial charge is 0.252 e. The van der Waals surface area contributed by atoms with Gasteiger partial charge >= 0.3 is 0 Å². The van der Waals surface area contributed by atoms with Crippen molar-refractivity contribution >= 4 is 68.1 Å². The lowest BCUT2D eigenvalue weighted by atomic mass is 9.33. The zero-order valence-electron chi connectivity index (χ0n) is 56.3. The molecule has 0 aliphatic carbocycles. The SMILES string of the molecule is CC(C)(C)c1cc(-c2ccccc2)c(N2c3ccc(-c4ccccc4)cc3B3c4cc(-c5ccccc5)ccc4N(c4c(-c5ccccc5)cc(C(C)(C)C)cc4-c4ccccc4)c4cc(-n5c(-c6ccccc6)c(-c6ccccc6)c6ccccc65)cc2c43)c(-c2ccccc2)c1. The Kier molecular flexibility index (Phi) is 14.8. The first-order chi connectivity index (χ1) is 47.9. The maximum absolute atomic E-state index is 2.70. The molecule has 3 nitrogen and oxygen atoms in total. The second kappa shape index (κ2) is 24.2. The fraction of sp³-hybridized carbons (Fsp3) is 0.0851. The molecule has 98 heavy (non-hydrogen) atoms. The summed E-state index contributed by atoms with van der Waals surface area (Å²) in [5.74, 6) is 0. The van der Waals surface area contributed by atoms with Crippen LogP contribution >= 0.6 is 0 Å². The Hall–Kier alpha value is -11.7. The number of para-hydroxylation sites is 1. The molecule has 4 heteroatoms. The van der Waals surface area contributed by atoms with Gasteiger partial charge in [0, 0.05) is 56.0 Å². The largest absolute Gasteiger partial charge is 0.310 e. The van der Waals surface area contributed by atoms with Crippen LogP contribution in [0.1, 0.15) is 52.7 Å². The quantitative estimate of drug-likeness (QED) is 0.120. The summed E-state index contributed by atoms with van der Waals surface area (Å²) < 4.78 is 2.59. The lowest BCUT2D eigenvalue weighted by molar-refractivity contribution is 0.590. The van der Waals surface area contributed by atoms with Gasteiger partial charge in [-0.25, -0.2) is 0 Å². The van der Waals surface area contributed by atoms with E-state index in [1.807, 2.05) is 0 Å². The van der Waals surface area contributed by atoms with Gasteiger partial charge in [-0.15, -0.1) is 0 Å². The van der Waals surface area contributed by atoms with Crippen molar-refractivity contribution in [3.05, 3.63) is 351 Å². The Morgan fingerprint density at radius 2 is 0.582 bits per heavy atom. The van der Waals surface area contributed by atoms with Crippen LogP contribution in [0, 0.1) is 0 Å². The molecule has 2 aliphatic heterocycles. The zero-order chi connectivity index (χ0) is 66.2. The minimum atomic E-state index is -0.267. The molecule has 0 unspecified atom stereocenters. The molecule has 0 atom stereocenters. The third-order valence-electron chi connectivity index (χ3n) is 20.2. The monoisotopic (exact) mass is 1260 g/mol. The van der Waals surface area contributed by atoms with Gasteiger partial charge in [0.15, 0.2) is 0 Å². The number of hydrogen-bond donors (Lipinski definition) is 0. The topological polar surface area (TPSA) is 11.4 Å². The molecular formula is C94H74BN3. The summed E-state index contributed by atoms with van der Waals surface area (Å²) in [6.07, 6.45) is 0. The predicted octanol–water partition coefficient (Wildman–Crippen LogP) is 23.6. The molecule has 0 spiro atoms. The summed E-state index contributed by atoms with van der Waals surface area (Å²) in [5.41, 5.74) is 33.2. The van der Waals surface area contributed by atoms with Crippen LogP contribution in [0.2, 0.25) is 0 Å². The summed E-state index contributed by atoms with van der Waals surface area (Å²) in [5, 5.41) is 1.18. The standard InChI is InChI=1S/C94H74BN3/c1-93(2,3)73-57-77(65-37-19-9-20-38-65)91(78(58-73)66-39-21-10-22-40-66)97-84-53-51-71(63-33-15-7-16-34-63)55-81(84)95-82-56-72(64-35-17-8-18-36-64)52-54-85(82)98(92-79(67-41-23-11-24-42-67)59-74(94(4,5)6)60-80(92)68-43-25-12-26-44-68)87-62-75(61-86(97)89(87)95)96-83-50-32-31-49-76(83)88(69-45-27-13-28-46-69)90(96)70-47-29-14-30-48-70/h7-62H,1-6H3. The van der Waals surface area contributed by atoms with Gasteiger partial charge in [0.1, 0.15) is 0 Å². The van der Waals surface area contributed by atoms with Crippen molar-refractivity contribution in [2.75, 3.05) is 9.80 Å². The van der Waals surface area contributed by atoms with Crippen LogP contribution < -0.4 is 26.2 Å². The van der Waals surface area contributed by atoms with Crippen LogP contribution in [-0.4, -0.2) is 11.3 Å². The zero-order valence-corrected chi connectivity index (χ0v) is 56.3. The average Bonchev–Trinajstić information content (AvgIpc) is 0.784. The molecule has 17 rings (SSSR count). The van der Waals surface area contributed by atoms with Gasteiger partial charge in [-0.2, -0.15) is 0 Å². The van der Waals surface area contributed by atoms with E-state index in [2.05, 4.69) is 396 Å². The highest BCUT2D eigenvalue weighted by atomic mass is 15.2. The Morgan fingerprint density at radius 1 is 0.265 bits per heavy atom. The molecule has 15 aromatic rings. The van der Waals surface area contributed by atoms with Crippen LogP contribution in [0.4, 0.5) is 34.1 Å². The molecular weight excluding hydrogens is 1180 g/mol. The molecule has 2 aliphatic rings. The molecule has 0 saturated heterocycles. The molecule has 468 valence electrons. The highest BCUT2D eigenvalue weighted by molar-refractivity contribution is 7.00. The van der Waals surface area contributed by atoms with Crippen LogP contribution in [0.25, 0.3) is 106 Å². The van der Waals surface area contributed by atoms with E-state index in [0.29, 0.717) is 0 Å². The number of hydrogen-bond acceptors (Lipinski definition) is 2. The van der Waals surface area contributed by atoms with Crippen LogP contribution in [-0.2, 0) is 10.8 Å². The van der Waals surface area contributed by atoms with E-state index in [1.165, 1.54) is 60.7 Å². The van der Waals surface area contributed by atoms with Gasteiger partial charge in [0.25, 0.3) is 6.71 Å². The van der Waals surface area contributed by atoms with E-state index < -0.39 is 0 Å². The second-order valence-corrected chi connectivity index (χ2v) is 28.4.